The number of rotatable bonds is 7. The van der Waals surface area contributed by atoms with Crippen LogP contribution in [0.5, 0.6) is 0 Å². The van der Waals surface area contributed by atoms with E-state index in [1.807, 2.05) is 24.3 Å². The molecule has 3 rings (SSSR count). The Balaban J connectivity index is 0.00000320. The van der Waals surface area contributed by atoms with Crippen molar-refractivity contribution in [3.05, 3.63) is 70.2 Å². The number of aliphatic imine (C=N–C) groups is 1. The van der Waals surface area contributed by atoms with Gasteiger partial charge in [0, 0.05) is 31.8 Å². The molecule has 2 aromatic rings. The van der Waals surface area contributed by atoms with E-state index in [1.54, 1.807) is 7.05 Å². The van der Waals surface area contributed by atoms with Gasteiger partial charge in [0.1, 0.15) is 0 Å². The van der Waals surface area contributed by atoms with Gasteiger partial charge in [-0.25, -0.2) is 0 Å². The molecule has 0 radical (unpaired) electrons. The Morgan fingerprint density at radius 3 is 2.63 bits per heavy atom. The lowest BCUT2D eigenvalue weighted by Gasteiger charge is -2.22. The van der Waals surface area contributed by atoms with Gasteiger partial charge in [0.15, 0.2) is 5.96 Å². The summed E-state index contributed by atoms with van der Waals surface area (Å²) in [7, 11) is 1.77. The fourth-order valence-corrected chi connectivity index (χ4v) is 3.68. The van der Waals surface area contributed by atoms with Crippen LogP contribution in [0.25, 0.3) is 0 Å². The van der Waals surface area contributed by atoms with Crippen molar-refractivity contribution in [2.45, 2.75) is 45.1 Å². The Morgan fingerprint density at radius 1 is 1.17 bits per heavy atom. The molecule has 1 aliphatic rings. The zero-order chi connectivity index (χ0) is 20.5. The van der Waals surface area contributed by atoms with Crippen molar-refractivity contribution >= 4 is 41.5 Å². The zero-order valence-electron chi connectivity index (χ0n) is 17.6. The van der Waals surface area contributed by atoms with Gasteiger partial charge in [0.2, 0.25) is 0 Å². The number of hydrogen-bond donors (Lipinski definition) is 2. The van der Waals surface area contributed by atoms with Crippen LogP contribution < -0.4 is 10.6 Å². The molecule has 1 aliphatic heterocycles. The minimum absolute atomic E-state index is 0. The molecule has 2 aromatic carbocycles. The highest BCUT2D eigenvalue weighted by Crippen LogP contribution is 2.22. The topological polar surface area (TPSA) is 54.9 Å². The summed E-state index contributed by atoms with van der Waals surface area (Å²) >= 11 is 6.30. The molecule has 0 aliphatic carbocycles. The summed E-state index contributed by atoms with van der Waals surface area (Å²) in [6, 6.07) is 16.4. The molecular weight excluding hydrogens is 513 g/mol. The van der Waals surface area contributed by atoms with E-state index in [-0.39, 0.29) is 30.0 Å². The molecule has 0 aromatic heterocycles. The Bertz CT molecular complexity index is 813. The van der Waals surface area contributed by atoms with E-state index in [9.17, 15) is 0 Å². The van der Waals surface area contributed by atoms with Gasteiger partial charge in [0.05, 0.1) is 18.8 Å². The summed E-state index contributed by atoms with van der Waals surface area (Å²) in [6.45, 7) is 4.98. The third kappa shape index (κ3) is 7.72. The molecule has 1 fully saturated rings. The second kappa shape index (κ2) is 13.1. The summed E-state index contributed by atoms with van der Waals surface area (Å²) in [6.07, 6.45) is 2.26. The molecule has 30 heavy (non-hydrogen) atoms. The molecule has 0 saturated carbocycles. The minimum Gasteiger partial charge on any atom is -0.381 e. The average molecular weight is 544 g/mol. The van der Waals surface area contributed by atoms with Crippen LogP contribution in [0.2, 0.25) is 5.02 Å². The van der Waals surface area contributed by atoms with E-state index in [4.69, 9.17) is 21.1 Å². The molecule has 0 spiro atoms. The van der Waals surface area contributed by atoms with Crippen molar-refractivity contribution in [3.8, 4) is 0 Å². The molecular formula is C23H31ClIN3O2. The lowest BCUT2D eigenvalue weighted by Crippen LogP contribution is -2.38. The summed E-state index contributed by atoms with van der Waals surface area (Å²) < 4.78 is 11.4. The highest BCUT2D eigenvalue weighted by atomic mass is 127. The normalized spacial score (nSPS) is 15.9. The molecule has 2 N–H and O–H groups in total. The molecule has 0 amide bonds. The maximum Gasteiger partial charge on any atom is 0.191 e. The van der Waals surface area contributed by atoms with Crippen LogP contribution in [0, 0.1) is 0 Å². The number of nitrogens with zero attached hydrogens (tertiary/aromatic N) is 1. The third-order valence-corrected chi connectivity index (χ3v) is 5.40. The van der Waals surface area contributed by atoms with Gasteiger partial charge in [-0.3, -0.25) is 4.99 Å². The minimum atomic E-state index is 0. The fourth-order valence-electron chi connectivity index (χ4n) is 3.38. The van der Waals surface area contributed by atoms with Gasteiger partial charge >= 0.3 is 0 Å². The first-order valence-corrected chi connectivity index (χ1v) is 10.5. The monoisotopic (exact) mass is 543 g/mol. The van der Waals surface area contributed by atoms with Crippen LogP contribution in [-0.2, 0) is 22.6 Å². The lowest BCUT2D eigenvalue weighted by atomic mass is 10.1. The largest absolute Gasteiger partial charge is 0.381 e. The maximum absolute atomic E-state index is 6.30. The average Bonchev–Trinajstić information content (AvgIpc) is 2.76. The van der Waals surface area contributed by atoms with Crippen LogP contribution in [0.15, 0.2) is 53.5 Å². The van der Waals surface area contributed by atoms with Gasteiger partial charge in [-0.15, -0.1) is 24.0 Å². The number of nitrogens with one attached hydrogen (secondary N) is 2. The Hall–Kier alpha value is -1.35. The summed E-state index contributed by atoms with van der Waals surface area (Å²) in [5.74, 6) is 0.737. The molecule has 7 heteroatoms. The van der Waals surface area contributed by atoms with Crippen molar-refractivity contribution in [1.82, 2.24) is 10.6 Å². The van der Waals surface area contributed by atoms with Gasteiger partial charge in [-0.2, -0.15) is 0 Å². The van der Waals surface area contributed by atoms with E-state index in [0.29, 0.717) is 19.3 Å². The Kier molecular flexibility index (Phi) is 10.9. The summed E-state index contributed by atoms with van der Waals surface area (Å²) in [5.41, 5.74) is 3.42. The van der Waals surface area contributed by atoms with Gasteiger partial charge in [0.25, 0.3) is 0 Å². The number of halogens is 2. The van der Waals surface area contributed by atoms with Crippen molar-refractivity contribution in [3.63, 3.8) is 0 Å². The number of benzene rings is 2. The van der Waals surface area contributed by atoms with Crippen LogP contribution in [-0.4, -0.2) is 32.3 Å². The van der Waals surface area contributed by atoms with E-state index in [1.165, 1.54) is 11.1 Å². The number of guanidine groups is 1. The fraction of sp³-hybridized carbons (Fsp3) is 0.435. The SMILES string of the molecule is CN=C(NCc1cccc(COC2CCOCC2)c1)NC(C)c1ccccc1Cl.I. The van der Waals surface area contributed by atoms with Crippen LogP contribution >= 0.6 is 35.6 Å². The van der Waals surface area contributed by atoms with E-state index in [2.05, 4.69) is 46.8 Å². The molecule has 164 valence electrons. The molecule has 0 bridgehead atoms. The molecule has 5 nitrogen and oxygen atoms in total. The first-order valence-electron chi connectivity index (χ1n) is 10.1. The standard InChI is InChI=1S/C23H30ClN3O2.HI/c1-17(21-8-3-4-9-22(21)24)27-23(25-2)26-15-18-6-5-7-19(14-18)16-29-20-10-12-28-13-11-20;/h3-9,14,17,20H,10-13,15-16H2,1-2H3,(H2,25,26,27);1H. The van der Waals surface area contributed by atoms with E-state index >= 15 is 0 Å². The van der Waals surface area contributed by atoms with Crippen LogP contribution in [0.1, 0.15) is 42.5 Å². The predicted molar refractivity (Wildman–Crippen MR) is 134 cm³/mol. The second-order valence-corrected chi connectivity index (χ2v) is 7.66. The van der Waals surface area contributed by atoms with E-state index in [0.717, 1.165) is 42.6 Å². The summed E-state index contributed by atoms with van der Waals surface area (Å²) in [5, 5.41) is 7.52. The first kappa shape index (κ1) is 24.9. The Labute approximate surface area is 201 Å². The zero-order valence-corrected chi connectivity index (χ0v) is 20.7. The smallest absolute Gasteiger partial charge is 0.191 e. The molecule has 1 saturated heterocycles. The van der Waals surface area contributed by atoms with Crippen molar-refractivity contribution in [2.24, 2.45) is 4.99 Å². The van der Waals surface area contributed by atoms with Crippen LogP contribution in [0.3, 0.4) is 0 Å². The first-order chi connectivity index (χ1) is 14.2. The second-order valence-electron chi connectivity index (χ2n) is 7.26. The highest BCUT2D eigenvalue weighted by Gasteiger charge is 2.14. The van der Waals surface area contributed by atoms with Crippen LogP contribution in [0.4, 0.5) is 0 Å². The highest BCUT2D eigenvalue weighted by molar-refractivity contribution is 14.0. The van der Waals surface area contributed by atoms with Crippen molar-refractivity contribution in [2.75, 3.05) is 20.3 Å². The van der Waals surface area contributed by atoms with Crippen molar-refractivity contribution < 1.29 is 9.47 Å². The molecule has 1 atom stereocenters. The maximum atomic E-state index is 6.30. The van der Waals surface area contributed by atoms with Gasteiger partial charge in [-0.1, -0.05) is 54.1 Å². The molecule has 1 unspecified atom stereocenters. The molecule has 1 heterocycles. The van der Waals surface area contributed by atoms with Crippen molar-refractivity contribution in [1.29, 1.82) is 0 Å². The van der Waals surface area contributed by atoms with Gasteiger partial charge in [-0.05, 0) is 42.5 Å². The number of ether oxygens (including phenoxy) is 2. The Morgan fingerprint density at radius 2 is 1.90 bits per heavy atom. The quantitative estimate of drug-likeness (QED) is 0.291. The summed E-state index contributed by atoms with van der Waals surface area (Å²) in [4.78, 5) is 4.33. The van der Waals surface area contributed by atoms with Gasteiger partial charge < -0.3 is 20.1 Å². The van der Waals surface area contributed by atoms with E-state index < -0.39 is 0 Å². The predicted octanol–water partition coefficient (Wildman–Crippen LogP) is 5.08. The lowest BCUT2D eigenvalue weighted by molar-refractivity contribution is -0.0390. The third-order valence-electron chi connectivity index (χ3n) is 5.05. The number of hydrogen-bond acceptors (Lipinski definition) is 3.